The van der Waals surface area contributed by atoms with Crippen molar-refractivity contribution < 1.29 is 8.78 Å². The van der Waals surface area contributed by atoms with Crippen molar-refractivity contribution in [3.63, 3.8) is 0 Å². The summed E-state index contributed by atoms with van der Waals surface area (Å²) in [6.07, 6.45) is 5.31. The van der Waals surface area contributed by atoms with Crippen molar-refractivity contribution in [3.8, 4) is 0 Å². The van der Waals surface area contributed by atoms with E-state index in [1.807, 2.05) is 0 Å². The average Bonchev–Trinajstić information content (AvgIpc) is 2.84. The molecule has 1 saturated carbocycles. The van der Waals surface area contributed by atoms with E-state index in [9.17, 15) is 8.78 Å². The summed E-state index contributed by atoms with van der Waals surface area (Å²) < 4.78 is 26.9. The lowest BCUT2D eigenvalue weighted by Crippen LogP contribution is -2.38. The first kappa shape index (κ1) is 12.5. The van der Waals surface area contributed by atoms with Crippen molar-refractivity contribution in [1.82, 2.24) is 9.97 Å². The van der Waals surface area contributed by atoms with E-state index in [-0.39, 0.29) is 10.9 Å². The van der Waals surface area contributed by atoms with Crippen LogP contribution in [0.15, 0.2) is 12.1 Å². The zero-order valence-electron chi connectivity index (χ0n) is 10.7. The number of nitrogens with zero attached hydrogens (tertiary/aromatic N) is 1. The van der Waals surface area contributed by atoms with E-state index in [4.69, 9.17) is 5.73 Å². The monoisotopic (exact) mass is 265 g/mol. The van der Waals surface area contributed by atoms with Crippen molar-refractivity contribution in [2.24, 2.45) is 5.73 Å². The summed E-state index contributed by atoms with van der Waals surface area (Å²) in [6, 6.07) is 2.14. The molecule has 0 spiro atoms. The van der Waals surface area contributed by atoms with E-state index in [0.717, 1.165) is 31.7 Å². The van der Waals surface area contributed by atoms with Crippen LogP contribution in [0.3, 0.4) is 0 Å². The number of imidazole rings is 1. The van der Waals surface area contributed by atoms with Gasteiger partial charge in [0.2, 0.25) is 0 Å². The molecule has 1 heterocycles. The van der Waals surface area contributed by atoms with Crippen molar-refractivity contribution in [2.75, 3.05) is 6.54 Å². The van der Waals surface area contributed by atoms with Crippen molar-refractivity contribution in [2.45, 2.75) is 37.5 Å². The Morgan fingerprint density at radius 1 is 1.21 bits per heavy atom. The molecule has 19 heavy (non-hydrogen) atoms. The van der Waals surface area contributed by atoms with Gasteiger partial charge in [-0.1, -0.05) is 19.3 Å². The Hall–Kier alpha value is -1.49. The number of hydrogen-bond acceptors (Lipinski definition) is 2. The molecular formula is C14H17F2N3. The van der Waals surface area contributed by atoms with Gasteiger partial charge in [0, 0.05) is 18.0 Å². The molecule has 0 aliphatic heterocycles. The molecule has 0 radical (unpaired) electrons. The lowest BCUT2D eigenvalue weighted by Gasteiger charge is -2.34. The summed E-state index contributed by atoms with van der Waals surface area (Å²) in [5.41, 5.74) is 6.34. The number of nitrogens with one attached hydrogen (secondary N) is 1. The Morgan fingerprint density at radius 3 is 2.63 bits per heavy atom. The normalized spacial score (nSPS) is 18.9. The Morgan fingerprint density at radius 2 is 1.95 bits per heavy atom. The highest BCUT2D eigenvalue weighted by molar-refractivity contribution is 5.76. The van der Waals surface area contributed by atoms with Crippen molar-refractivity contribution >= 4 is 11.0 Å². The minimum Gasteiger partial charge on any atom is -0.341 e. The summed E-state index contributed by atoms with van der Waals surface area (Å²) in [7, 11) is 0. The first-order chi connectivity index (χ1) is 9.14. The van der Waals surface area contributed by atoms with Gasteiger partial charge in [0.15, 0.2) is 5.82 Å². The second-order valence-electron chi connectivity index (χ2n) is 5.41. The predicted octanol–water partition coefficient (Wildman–Crippen LogP) is 3.00. The molecule has 0 unspecified atom stereocenters. The number of fused-ring (bicyclic) bond motifs is 1. The molecule has 3 rings (SSSR count). The van der Waals surface area contributed by atoms with Gasteiger partial charge in [-0.3, -0.25) is 0 Å². The molecule has 1 aliphatic rings. The first-order valence-corrected chi connectivity index (χ1v) is 6.70. The fraction of sp³-hybridized carbons (Fsp3) is 0.500. The Kier molecular flexibility index (Phi) is 3.01. The van der Waals surface area contributed by atoms with E-state index in [0.29, 0.717) is 17.9 Å². The van der Waals surface area contributed by atoms with Gasteiger partial charge in [0.05, 0.1) is 5.52 Å². The van der Waals surface area contributed by atoms with Gasteiger partial charge in [-0.25, -0.2) is 13.8 Å². The van der Waals surface area contributed by atoms with E-state index in [1.165, 1.54) is 12.5 Å². The number of nitrogens with two attached hydrogens (primary N) is 1. The van der Waals surface area contributed by atoms with Gasteiger partial charge < -0.3 is 10.7 Å². The molecule has 1 aromatic heterocycles. The number of H-pyrrole nitrogens is 1. The van der Waals surface area contributed by atoms with Crippen LogP contribution < -0.4 is 5.73 Å². The van der Waals surface area contributed by atoms with Crippen LogP contribution in [-0.2, 0) is 5.41 Å². The van der Waals surface area contributed by atoms with Gasteiger partial charge in [-0.2, -0.15) is 0 Å². The number of aromatic nitrogens is 2. The Bertz CT molecular complexity index is 600. The summed E-state index contributed by atoms with van der Waals surface area (Å²) in [5, 5.41) is 0. The molecule has 0 bridgehead atoms. The molecular weight excluding hydrogens is 248 g/mol. The predicted molar refractivity (Wildman–Crippen MR) is 69.8 cm³/mol. The molecule has 102 valence electrons. The van der Waals surface area contributed by atoms with Crippen LogP contribution in [0.4, 0.5) is 8.78 Å². The molecule has 1 aliphatic carbocycles. The van der Waals surface area contributed by atoms with Gasteiger partial charge >= 0.3 is 0 Å². The maximum Gasteiger partial charge on any atom is 0.153 e. The molecule has 0 atom stereocenters. The largest absolute Gasteiger partial charge is 0.341 e. The molecule has 1 fully saturated rings. The number of halogens is 2. The molecule has 3 nitrogen and oxygen atoms in total. The highest BCUT2D eigenvalue weighted by Gasteiger charge is 2.35. The molecule has 0 amide bonds. The molecule has 2 aromatic rings. The fourth-order valence-corrected chi connectivity index (χ4v) is 3.06. The van der Waals surface area contributed by atoms with Gasteiger partial charge in [0.1, 0.15) is 17.2 Å². The third kappa shape index (κ3) is 2.02. The lowest BCUT2D eigenvalue weighted by atomic mass is 9.73. The van der Waals surface area contributed by atoms with Crippen LogP contribution in [0.1, 0.15) is 37.9 Å². The third-order valence-electron chi connectivity index (χ3n) is 4.21. The summed E-state index contributed by atoms with van der Waals surface area (Å²) in [4.78, 5) is 7.41. The Labute approximate surface area is 110 Å². The second kappa shape index (κ2) is 4.56. The SMILES string of the molecule is NCC1(c2nc3c(F)cc(F)cc3[nH]2)CCCCC1. The molecule has 3 N–H and O–H groups in total. The third-order valence-corrected chi connectivity index (χ3v) is 4.21. The Balaban J connectivity index is 2.11. The summed E-state index contributed by atoms with van der Waals surface area (Å²) in [5.74, 6) is -0.514. The van der Waals surface area contributed by atoms with Crippen LogP contribution in [0, 0.1) is 11.6 Å². The molecule has 5 heteroatoms. The van der Waals surface area contributed by atoms with E-state index in [2.05, 4.69) is 9.97 Å². The lowest BCUT2D eigenvalue weighted by molar-refractivity contribution is 0.288. The summed E-state index contributed by atoms with van der Waals surface area (Å²) >= 11 is 0. The van der Waals surface area contributed by atoms with Crippen LogP contribution in [0.2, 0.25) is 0 Å². The van der Waals surface area contributed by atoms with E-state index < -0.39 is 11.6 Å². The maximum absolute atomic E-state index is 13.7. The number of hydrogen-bond donors (Lipinski definition) is 2. The van der Waals surface area contributed by atoms with Crippen LogP contribution in [-0.4, -0.2) is 16.5 Å². The second-order valence-corrected chi connectivity index (χ2v) is 5.41. The average molecular weight is 265 g/mol. The van der Waals surface area contributed by atoms with Crippen LogP contribution >= 0.6 is 0 Å². The highest BCUT2D eigenvalue weighted by atomic mass is 19.1. The maximum atomic E-state index is 13.7. The van der Waals surface area contributed by atoms with Crippen LogP contribution in [0.5, 0.6) is 0 Å². The quantitative estimate of drug-likeness (QED) is 0.877. The standard InChI is InChI=1S/C14H17F2N3/c15-9-6-10(16)12-11(7-9)18-13(19-12)14(8-17)4-2-1-3-5-14/h6-7H,1-5,8,17H2,(H,18,19). The first-order valence-electron chi connectivity index (χ1n) is 6.70. The van der Waals surface area contributed by atoms with Gasteiger partial charge in [0.25, 0.3) is 0 Å². The zero-order valence-corrected chi connectivity index (χ0v) is 10.7. The van der Waals surface area contributed by atoms with Crippen molar-refractivity contribution in [3.05, 3.63) is 29.6 Å². The summed E-state index contributed by atoms with van der Waals surface area (Å²) in [6.45, 7) is 0.483. The topological polar surface area (TPSA) is 54.7 Å². The smallest absolute Gasteiger partial charge is 0.153 e. The van der Waals surface area contributed by atoms with Gasteiger partial charge in [-0.05, 0) is 18.9 Å². The number of aromatic amines is 1. The zero-order chi connectivity index (χ0) is 13.5. The number of benzene rings is 1. The van der Waals surface area contributed by atoms with E-state index in [1.54, 1.807) is 0 Å². The molecule has 0 saturated heterocycles. The van der Waals surface area contributed by atoms with E-state index >= 15 is 0 Å². The van der Waals surface area contributed by atoms with Gasteiger partial charge in [-0.15, -0.1) is 0 Å². The highest BCUT2D eigenvalue weighted by Crippen LogP contribution is 2.38. The molecule has 1 aromatic carbocycles. The minimum atomic E-state index is -0.625. The fourth-order valence-electron chi connectivity index (χ4n) is 3.06. The number of rotatable bonds is 2. The van der Waals surface area contributed by atoms with Crippen molar-refractivity contribution in [1.29, 1.82) is 0 Å². The van der Waals surface area contributed by atoms with Crippen LogP contribution in [0.25, 0.3) is 11.0 Å². The minimum absolute atomic E-state index is 0.204.